The molecule has 3 aromatic rings. The molecule has 0 saturated carbocycles. The van der Waals surface area contributed by atoms with Crippen LogP contribution in [0.3, 0.4) is 0 Å². The summed E-state index contributed by atoms with van der Waals surface area (Å²) in [6.07, 6.45) is 0.537. The highest BCUT2D eigenvalue weighted by Crippen LogP contribution is 2.35. The number of halogens is 1. The zero-order valence-electron chi connectivity index (χ0n) is 23.3. The Hall–Kier alpha value is -3.60. The number of nitrogens with one attached hydrogen (secondary N) is 1. The molecular weight excluding hydrogens is 556 g/mol. The van der Waals surface area contributed by atoms with Gasteiger partial charge in [0.25, 0.3) is 0 Å². The average molecular weight is 589 g/mol. The standard InChI is InChI=1S/C29H33N2O7S.ClH/c1-18-7-10-22(11-8-18)39(33,34)30-19(2)29(32)31-14-13-20-15-26(37-5)27(38-6)17-23(20)28(31)21-9-12-24(35-3)25(16-21)36-4;/h7-12,15-17,19,30H,13-14H2,1-6H3;1H/q+1;/p-1/t19-;/m1./s1. The maximum Gasteiger partial charge on any atom is 0.405 e. The molecule has 0 saturated heterocycles. The van der Waals surface area contributed by atoms with E-state index in [1.807, 2.05) is 25.1 Å². The molecule has 1 N–H and O–H groups in total. The van der Waals surface area contributed by atoms with E-state index in [1.54, 1.807) is 64.2 Å². The highest BCUT2D eigenvalue weighted by atomic mass is 35.5. The van der Waals surface area contributed by atoms with Crippen molar-refractivity contribution < 1.29 is 49.1 Å². The molecule has 1 amide bonds. The fourth-order valence-corrected chi connectivity index (χ4v) is 5.85. The minimum atomic E-state index is -3.92. The first-order chi connectivity index (χ1) is 18.6. The van der Waals surface area contributed by atoms with Crippen molar-refractivity contribution in [1.82, 2.24) is 4.72 Å². The number of fused-ring (bicyclic) bond motifs is 1. The molecule has 1 aliphatic rings. The molecule has 0 aliphatic carbocycles. The average Bonchev–Trinajstić information content (AvgIpc) is 2.94. The number of hydrogen-bond donors (Lipinski definition) is 1. The Labute approximate surface area is 241 Å². The fourth-order valence-electron chi connectivity index (χ4n) is 4.66. The van der Waals surface area contributed by atoms with Gasteiger partial charge in [-0.15, -0.1) is 0 Å². The second-order valence-electron chi connectivity index (χ2n) is 9.18. The first kappa shape index (κ1) is 30.9. The lowest BCUT2D eigenvalue weighted by Gasteiger charge is -2.22. The molecule has 0 radical (unpaired) electrons. The van der Waals surface area contributed by atoms with Crippen LogP contribution in [0.1, 0.15) is 29.2 Å². The third kappa shape index (κ3) is 6.09. The van der Waals surface area contributed by atoms with Crippen LogP contribution in [0.5, 0.6) is 23.0 Å². The maximum atomic E-state index is 13.9. The van der Waals surface area contributed by atoms with Crippen molar-refractivity contribution in [2.24, 2.45) is 0 Å². The molecule has 0 spiro atoms. The van der Waals surface area contributed by atoms with Crippen molar-refractivity contribution in [1.29, 1.82) is 0 Å². The Bertz CT molecular complexity index is 1540. The fraction of sp³-hybridized carbons (Fsp3) is 0.310. The van der Waals surface area contributed by atoms with Gasteiger partial charge in [-0.1, -0.05) is 17.7 Å². The van der Waals surface area contributed by atoms with Crippen LogP contribution in [0, 0.1) is 6.92 Å². The van der Waals surface area contributed by atoms with E-state index in [0.717, 1.165) is 16.7 Å². The minimum absolute atomic E-state index is 0. The Morgan fingerprint density at radius 2 is 1.43 bits per heavy atom. The molecule has 0 aromatic heterocycles. The van der Waals surface area contributed by atoms with E-state index in [9.17, 15) is 13.2 Å². The third-order valence-corrected chi connectivity index (χ3v) is 8.25. The lowest BCUT2D eigenvalue weighted by atomic mass is 9.91. The SMILES string of the molecule is COc1ccc(C2=[N+](C(=O)[C@@H](C)NS(=O)(=O)c3ccc(C)cc3)CCc3cc(OC)c(OC)cc32)cc1OC.[Cl-]. The molecule has 1 atom stereocenters. The smallest absolute Gasteiger partial charge is 0.405 e. The molecule has 11 heteroatoms. The Morgan fingerprint density at radius 3 is 2.02 bits per heavy atom. The summed E-state index contributed by atoms with van der Waals surface area (Å²) in [5.74, 6) is 1.74. The highest BCUT2D eigenvalue weighted by molar-refractivity contribution is 7.89. The molecule has 0 fully saturated rings. The molecule has 9 nitrogen and oxygen atoms in total. The topological polar surface area (TPSA) is 103 Å². The van der Waals surface area contributed by atoms with Crippen molar-refractivity contribution >= 4 is 21.6 Å². The number of rotatable bonds is 9. The summed E-state index contributed by atoms with van der Waals surface area (Å²) >= 11 is 0. The van der Waals surface area contributed by atoms with Gasteiger partial charge in [0.1, 0.15) is 6.04 Å². The van der Waals surface area contributed by atoms with Gasteiger partial charge in [-0.2, -0.15) is 9.30 Å². The summed E-state index contributed by atoms with van der Waals surface area (Å²) in [4.78, 5) is 14.0. The van der Waals surface area contributed by atoms with Crippen LogP contribution in [0.15, 0.2) is 59.5 Å². The van der Waals surface area contributed by atoms with Crippen LogP contribution >= 0.6 is 0 Å². The van der Waals surface area contributed by atoms with Crippen LogP contribution in [-0.4, -0.2) is 65.6 Å². The summed E-state index contributed by atoms with van der Waals surface area (Å²) in [6, 6.07) is 14.6. The zero-order chi connectivity index (χ0) is 28.3. The van der Waals surface area contributed by atoms with Crippen molar-refractivity contribution in [3.63, 3.8) is 0 Å². The molecule has 1 heterocycles. The number of hydrogen-bond acceptors (Lipinski definition) is 7. The maximum absolute atomic E-state index is 13.9. The molecular formula is C29H33ClN2O7S. The summed E-state index contributed by atoms with van der Waals surface area (Å²) in [7, 11) is 2.29. The van der Waals surface area contributed by atoms with E-state index in [1.165, 1.54) is 12.1 Å². The summed E-state index contributed by atoms with van der Waals surface area (Å²) in [6.45, 7) is 3.76. The minimum Gasteiger partial charge on any atom is -1.00 e. The van der Waals surface area contributed by atoms with Crippen LogP contribution in [0.2, 0.25) is 0 Å². The van der Waals surface area contributed by atoms with E-state index < -0.39 is 22.0 Å². The second kappa shape index (κ2) is 12.7. The number of aryl methyl sites for hydroxylation is 1. The molecule has 214 valence electrons. The largest absolute Gasteiger partial charge is 1.00 e. The Morgan fingerprint density at radius 1 is 0.850 bits per heavy atom. The summed E-state index contributed by atoms with van der Waals surface area (Å²) in [5, 5.41) is 0. The lowest BCUT2D eigenvalue weighted by Crippen LogP contribution is -3.00. The van der Waals surface area contributed by atoms with E-state index in [4.69, 9.17) is 18.9 Å². The lowest BCUT2D eigenvalue weighted by molar-refractivity contribution is -0.450. The van der Waals surface area contributed by atoms with Crippen LogP contribution < -0.4 is 36.1 Å². The predicted octanol–water partition coefficient (Wildman–Crippen LogP) is 0.333. The zero-order valence-corrected chi connectivity index (χ0v) is 24.9. The molecule has 40 heavy (non-hydrogen) atoms. The number of nitrogens with zero attached hydrogens (tertiary/aromatic N) is 1. The van der Waals surface area contributed by atoms with Gasteiger partial charge in [-0.3, -0.25) is 0 Å². The van der Waals surface area contributed by atoms with Crippen LogP contribution in [0.4, 0.5) is 0 Å². The predicted molar refractivity (Wildman–Crippen MR) is 147 cm³/mol. The summed E-state index contributed by atoms with van der Waals surface area (Å²) in [5.41, 5.74) is 3.97. The monoisotopic (exact) mass is 588 g/mol. The number of amides is 1. The first-order valence-electron chi connectivity index (χ1n) is 12.4. The quantitative estimate of drug-likeness (QED) is 0.360. The van der Waals surface area contributed by atoms with E-state index >= 15 is 0 Å². The van der Waals surface area contributed by atoms with Crippen molar-refractivity contribution in [2.75, 3.05) is 35.0 Å². The number of benzene rings is 3. The van der Waals surface area contributed by atoms with Crippen molar-refractivity contribution in [3.8, 4) is 23.0 Å². The van der Waals surface area contributed by atoms with Gasteiger partial charge in [0, 0.05) is 6.42 Å². The highest BCUT2D eigenvalue weighted by Gasteiger charge is 2.37. The van der Waals surface area contributed by atoms with Gasteiger partial charge in [0.05, 0.1) is 44.5 Å². The van der Waals surface area contributed by atoms with Crippen molar-refractivity contribution in [2.45, 2.75) is 31.2 Å². The Kier molecular flexibility index (Phi) is 9.83. The first-order valence-corrected chi connectivity index (χ1v) is 13.9. The van der Waals surface area contributed by atoms with Crippen LogP contribution in [-0.2, 0) is 21.2 Å². The number of carbonyl (C=O) groups excluding carboxylic acids is 1. The van der Waals surface area contributed by atoms with E-state index in [-0.39, 0.29) is 17.3 Å². The normalized spacial score (nSPS) is 13.6. The van der Waals surface area contributed by atoms with E-state index in [0.29, 0.717) is 47.2 Å². The second-order valence-corrected chi connectivity index (χ2v) is 10.9. The van der Waals surface area contributed by atoms with Gasteiger partial charge >= 0.3 is 5.91 Å². The number of carbonyl (C=O) groups is 1. The van der Waals surface area contributed by atoms with Gasteiger partial charge in [-0.25, -0.2) is 13.2 Å². The number of sulfonamides is 1. The van der Waals surface area contributed by atoms with Crippen LogP contribution in [0.25, 0.3) is 0 Å². The third-order valence-electron chi connectivity index (χ3n) is 6.70. The molecule has 0 unspecified atom stereocenters. The molecule has 4 rings (SSSR count). The van der Waals surface area contributed by atoms with Crippen molar-refractivity contribution in [3.05, 3.63) is 76.9 Å². The Balaban J connectivity index is 0.00000441. The number of ether oxygens (including phenoxy) is 4. The molecule has 1 aliphatic heterocycles. The van der Waals surface area contributed by atoms with E-state index in [2.05, 4.69) is 4.72 Å². The van der Waals surface area contributed by atoms with Gasteiger partial charge in [0.15, 0.2) is 29.5 Å². The summed E-state index contributed by atoms with van der Waals surface area (Å²) < 4.78 is 52.2. The number of methoxy groups -OCH3 is 4. The van der Waals surface area contributed by atoms with Gasteiger partial charge < -0.3 is 31.4 Å². The van der Waals surface area contributed by atoms with Gasteiger partial charge in [-0.05, 0) is 61.9 Å². The molecule has 3 aromatic carbocycles. The van der Waals surface area contributed by atoms with Gasteiger partial charge in [0.2, 0.25) is 15.7 Å². The molecule has 0 bridgehead atoms.